The molecule has 9 heteroatoms. The van der Waals surface area contributed by atoms with Gasteiger partial charge in [-0.25, -0.2) is 9.59 Å². The van der Waals surface area contributed by atoms with Crippen LogP contribution in [0.5, 0.6) is 0 Å². The Balaban J connectivity index is 1.88. The quantitative estimate of drug-likeness (QED) is 0.534. The lowest BCUT2D eigenvalue weighted by Crippen LogP contribution is -2.20. The molecule has 3 rings (SSSR count). The highest BCUT2D eigenvalue weighted by atomic mass is 35.5. The molecule has 0 bridgehead atoms. The van der Waals surface area contributed by atoms with Gasteiger partial charge in [0.15, 0.2) is 5.56 Å². The number of nitrogens with zero attached hydrogens (tertiary/aromatic N) is 1. The van der Waals surface area contributed by atoms with Crippen molar-refractivity contribution in [3.63, 3.8) is 0 Å². The number of ether oxygens (including phenoxy) is 1. The van der Waals surface area contributed by atoms with E-state index in [0.717, 1.165) is 0 Å². The Morgan fingerprint density at radius 1 is 1.07 bits per heavy atom. The Bertz CT molecular complexity index is 1000. The molecular weight excluding hydrogens is 405 g/mol. The molecule has 0 fully saturated rings. The molecule has 0 spiro atoms. The molecule has 28 heavy (non-hydrogen) atoms. The van der Waals surface area contributed by atoms with E-state index in [-0.39, 0.29) is 23.7 Å². The van der Waals surface area contributed by atoms with Crippen molar-refractivity contribution >= 4 is 46.8 Å². The van der Waals surface area contributed by atoms with Crippen molar-refractivity contribution in [1.82, 2.24) is 5.16 Å². The topological polar surface area (TPSA) is 93.5 Å². The maximum atomic E-state index is 12.4. The zero-order chi connectivity index (χ0) is 20.1. The smallest absolute Gasteiger partial charge is 0.346 e. The van der Waals surface area contributed by atoms with Gasteiger partial charge in [-0.1, -0.05) is 46.6 Å². The molecule has 2 amide bonds. The molecule has 1 heterocycles. The Kier molecular flexibility index (Phi) is 6.18. The zero-order valence-corrected chi connectivity index (χ0v) is 16.2. The van der Waals surface area contributed by atoms with E-state index >= 15 is 0 Å². The number of hydrogen-bond donors (Lipinski definition) is 2. The molecule has 2 N–H and O–H groups in total. The Morgan fingerprint density at radius 2 is 1.82 bits per heavy atom. The minimum Gasteiger partial charge on any atom is -0.462 e. The standard InChI is InChI=1S/C19H15Cl2N3O4/c1-2-27-18(25)15-16(11-6-8-12(20)9-7-11)24-28-17(15)23-19(26)22-14-5-3-4-13(21)10-14/h3-10H,2H2,1H3,(H2,22,23,26). The number of esters is 1. The van der Waals surface area contributed by atoms with Gasteiger partial charge < -0.3 is 14.6 Å². The summed E-state index contributed by atoms with van der Waals surface area (Å²) in [4.78, 5) is 24.7. The summed E-state index contributed by atoms with van der Waals surface area (Å²) >= 11 is 11.8. The summed E-state index contributed by atoms with van der Waals surface area (Å²) < 4.78 is 10.3. The molecule has 7 nitrogen and oxygen atoms in total. The third-order valence-electron chi connectivity index (χ3n) is 3.60. The monoisotopic (exact) mass is 419 g/mol. The second-order valence-corrected chi connectivity index (χ2v) is 6.43. The zero-order valence-electron chi connectivity index (χ0n) is 14.7. The predicted molar refractivity (Wildman–Crippen MR) is 107 cm³/mol. The summed E-state index contributed by atoms with van der Waals surface area (Å²) in [6.45, 7) is 1.82. The molecule has 0 aliphatic carbocycles. The van der Waals surface area contributed by atoms with E-state index in [4.69, 9.17) is 32.5 Å². The van der Waals surface area contributed by atoms with Gasteiger partial charge in [0.05, 0.1) is 6.61 Å². The second-order valence-electron chi connectivity index (χ2n) is 5.55. The van der Waals surface area contributed by atoms with Crippen molar-refractivity contribution in [2.24, 2.45) is 0 Å². The Hall–Kier alpha value is -3.03. The number of carbonyl (C=O) groups is 2. The highest BCUT2D eigenvalue weighted by Gasteiger charge is 2.26. The summed E-state index contributed by atoms with van der Waals surface area (Å²) in [5.74, 6) is -0.810. The minimum absolute atomic E-state index is 0.00502. The highest BCUT2D eigenvalue weighted by Crippen LogP contribution is 2.30. The van der Waals surface area contributed by atoms with E-state index in [2.05, 4.69) is 15.8 Å². The van der Waals surface area contributed by atoms with Crippen molar-refractivity contribution in [1.29, 1.82) is 0 Å². The molecule has 0 aliphatic rings. The van der Waals surface area contributed by atoms with Crippen molar-refractivity contribution in [3.8, 4) is 11.3 Å². The molecule has 0 radical (unpaired) electrons. The number of carbonyl (C=O) groups excluding carboxylic acids is 2. The van der Waals surface area contributed by atoms with E-state index in [1.54, 1.807) is 55.5 Å². The maximum Gasteiger partial charge on any atom is 0.346 e. The SMILES string of the molecule is CCOC(=O)c1c(-c2ccc(Cl)cc2)noc1NC(=O)Nc1cccc(Cl)c1. The number of anilines is 2. The van der Waals surface area contributed by atoms with Crippen LogP contribution in [0, 0.1) is 0 Å². The lowest BCUT2D eigenvalue weighted by molar-refractivity contribution is 0.0528. The normalized spacial score (nSPS) is 10.4. The number of nitrogens with one attached hydrogen (secondary N) is 2. The van der Waals surface area contributed by atoms with E-state index in [9.17, 15) is 9.59 Å². The lowest BCUT2D eigenvalue weighted by atomic mass is 10.1. The van der Waals surface area contributed by atoms with Gasteiger partial charge in [0.25, 0.3) is 0 Å². The average molecular weight is 420 g/mol. The van der Waals surface area contributed by atoms with Gasteiger partial charge in [0, 0.05) is 21.3 Å². The summed E-state index contributed by atoms with van der Waals surface area (Å²) in [6.07, 6.45) is 0. The number of halogens is 2. The van der Waals surface area contributed by atoms with Crippen LogP contribution >= 0.6 is 23.2 Å². The number of amides is 2. The largest absolute Gasteiger partial charge is 0.462 e. The highest BCUT2D eigenvalue weighted by molar-refractivity contribution is 6.31. The predicted octanol–water partition coefficient (Wildman–Crippen LogP) is 5.47. The van der Waals surface area contributed by atoms with Gasteiger partial charge in [0.1, 0.15) is 5.69 Å². The molecule has 0 unspecified atom stereocenters. The van der Waals surface area contributed by atoms with Crippen LogP contribution in [0.15, 0.2) is 53.1 Å². The van der Waals surface area contributed by atoms with Crippen LogP contribution in [0.25, 0.3) is 11.3 Å². The van der Waals surface area contributed by atoms with Crippen molar-refractivity contribution in [2.45, 2.75) is 6.92 Å². The van der Waals surface area contributed by atoms with Crippen LogP contribution in [0.3, 0.4) is 0 Å². The van der Waals surface area contributed by atoms with Crippen LogP contribution in [0.1, 0.15) is 17.3 Å². The third-order valence-corrected chi connectivity index (χ3v) is 4.09. The molecule has 0 aliphatic heterocycles. The fourth-order valence-corrected chi connectivity index (χ4v) is 2.72. The first kappa shape index (κ1) is 19.7. The van der Waals surface area contributed by atoms with Crippen molar-refractivity contribution in [2.75, 3.05) is 17.2 Å². The van der Waals surface area contributed by atoms with Crippen LogP contribution in [-0.4, -0.2) is 23.8 Å². The molecule has 144 valence electrons. The number of benzene rings is 2. The molecular formula is C19H15Cl2N3O4. The summed E-state index contributed by atoms with van der Waals surface area (Å²) in [6, 6.07) is 12.6. The first-order valence-corrected chi connectivity index (χ1v) is 9.00. The molecule has 1 aromatic heterocycles. The summed E-state index contributed by atoms with van der Waals surface area (Å²) in [5, 5.41) is 9.97. The fraction of sp³-hybridized carbons (Fsp3) is 0.105. The third kappa shape index (κ3) is 4.62. The average Bonchev–Trinajstić information content (AvgIpc) is 3.06. The molecule has 3 aromatic rings. The molecule has 0 saturated carbocycles. The number of rotatable bonds is 5. The summed E-state index contributed by atoms with van der Waals surface area (Å²) in [7, 11) is 0. The van der Waals surface area contributed by atoms with E-state index in [1.807, 2.05) is 0 Å². The van der Waals surface area contributed by atoms with Gasteiger partial charge in [-0.3, -0.25) is 5.32 Å². The molecule has 0 saturated heterocycles. The van der Waals surface area contributed by atoms with Gasteiger partial charge >= 0.3 is 12.0 Å². The fourth-order valence-electron chi connectivity index (χ4n) is 2.40. The Labute approximate surface area is 170 Å². The van der Waals surface area contributed by atoms with Crippen molar-refractivity contribution in [3.05, 3.63) is 64.1 Å². The molecule has 0 atom stereocenters. The van der Waals surface area contributed by atoms with Crippen LogP contribution in [-0.2, 0) is 4.74 Å². The molecule has 2 aromatic carbocycles. The van der Waals surface area contributed by atoms with Gasteiger partial charge in [-0.05, 0) is 37.3 Å². The van der Waals surface area contributed by atoms with Crippen LogP contribution in [0.2, 0.25) is 10.0 Å². The Morgan fingerprint density at radius 3 is 2.50 bits per heavy atom. The van der Waals surface area contributed by atoms with E-state index in [0.29, 0.717) is 21.3 Å². The van der Waals surface area contributed by atoms with Crippen LogP contribution in [0.4, 0.5) is 16.4 Å². The first-order chi connectivity index (χ1) is 13.5. The van der Waals surface area contributed by atoms with Crippen molar-refractivity contribution < 1.29 is 18.8 Å². The van der Waals surface area contributed by atoms with Gasteiger partial charge in [-0.15, -0.1) is 0 Å². The number of aromatic nitrogens is 1. The number of hydrogen-bond acceptors (Lipinski definition) is 5. The lowest BCUT2D eigenvalue weighted by Gasteiger charge is -2.07. The van der Waals surface area contributed by atoms with E-state index < -0.39 is 12.0 Å². The maximum absolute atomic E-state index is 12.4. The first-order valence-electron chi connectivity index (χ1n) is 8.24. The summed E-state index contributed by atoms with van der Waals surface area (Å²) in [5.41, 5.74) is 1.29. The van der Waals surface area contributed by atoms with Gasteiger partial charge in [-0.2, -0.15) is 0 Å². The van der Waals surface area contributed by atoms with Crippen LogP contribution < -0.4 is 10.6 Å². The van der Waals surface area contributed by atoms with E-state index in [1.165, 1.54) is 0 Å². The minimum atomic E-state index is -0.674. The van der Waals surface area contributed by atoms with Gasteiger partial charge in [0.2, 0.25) is 5.88 Å². The second kappa shape index (κ2) is 8.77. The number of urea groups is 1.